The van der Waals surface area contributed by atoms with Crippen LogP contribution in [0.1, 0.15) is 21.5 Å². The van der Waals surface area contributed by atoms with Crippen LogP contribution >= 0.6 is 0 Å². The molecule has 2 aromatic rings. The van der Waals surface area contributed by atoms with Gasteiger partial charge in [-0.05, 0) is 49.2 Å². The summed E-state index contributed by atoms with van der Waals surface area (Å²) >= 11 is 0. The lowest BCUT2D eigenvalue weighted by Crippen LogP contribution is -2.33. The van der Waals surface area contributed by atoms with Crippen LogP contribution in [0.3, 0.4) is 0 Å². The second-order valence-corrected chi connectivity index (χ2v) is 7.12. The Hall–Kier alpha value is -2.71. The van der Waals surface area contributed by atoms with Gasteiger partial charge in [0.1, 0.15) is 0 Å². The maximum absolute atomic E-state index is 12.1. The summed E-state index contributed by atoms with van der Waals surface area (Å²) in [5, 5.41) is 10.2. The standard InChI is InChI=1S/C17H19N3O4S/c1-11-8-14(25(18,23)24)9-15(12(11)2)20-16(21)10-19-17(22)13-6-4-3-5-7-13/h3-9H,10H2,1-2H3,(H,19,22)(H,20,21)(H2,18,23,24). The highest BCUT2D eigenvalue weighted by molar-refractivity contribution is 7.89. The van der Waals surface area contributed by atoms with E-state index in [0.29, 0.717) is 16.8 Å². The van der Waals surface area contributed by atoms with Crippen molar-refractivity contribution in [3.05, 3.63) is 59.2 Å². The minimum absolute atomic E-state index is 0.0841. The molecule has 25 heavy (non-hydrogen) atoms. The Balaban J connectivity index is 2.08. The Morgan fingerprint density at radius 3 is 2.32 bits per heavy atom. The number of rotatable bonds is 5. The maximum atomic E-state index is 12.1. The molecule has 2 aromatic carbocycles. The number of amides is 2. The van der Waals surface area contributed by atoms with Crippen molar-refractivity contribution in [2.45, 2.75) is 18.7 Å². The third-order valence-corrected chi connectivity index (χ3v) is 4.58. The quantitative estimate of drug-likeness (QED) is 0.744. The summed E-state index contributed by atoms with van der Waals surface area (Å²) in [6, 6.07) is 11.2. The maximum Gasteiger partial charge on any atom is 0.251 e. The molecule has 0 fully saturated rings. The van der Waals surface area contributed by atoms with Crippen molar-refractivity contribution in [3.8, 4) is 0 Å². The van der Waals surface area contributed by atoms with Crippen molar-refractivity contribution in [1.29, 1.82) is 0 Å². The van der Waals surface area contributed by atoms with Gasteiger partial charge in [-0.3, -0.25) is 9.59 Å². The first-order valence-corrected chi connectivity index (χ1v) is 9.00. The highest BCUT2D eigenvalue weighted by Gasteiger charge is 2.14. The number of anilines is 1. The first kappa shape index (κ1) is 18.6. The molecule has 0 atom stereocenters. The van der Waals surface area contributed by atoms with Crippen LogP contribution in [0, 0.1) is 13.8 Å². The van der Waals surface area contributed by atoms with Gasteiger partial charge in [-0.15, -0.1) is 0 Å². The highest BCUT2D eigenvalue weighted by Crippen LogP contribution is 2.23. The number of hydrogen-bond acceptors (Lipinski definition) is 4. The van der Waals surface area contributed by atoms with Crippen LogP contribution in [0.2, 0.25) is 0 Å². The molecular weight excluding hydrogens is 342 g/mol. The third kappa shape index (κ3) is 4.88. The Labute approximate surface area is 146 Å². The smallest absolute Gasteiger partial charge is 0.251 e. The fourth-order valence-electron chi connectivity index (χ4n) is 2.17. The number of primary sulfonamides is 1. The first-order chi connectivity index (χ1) is 11.7. The van der Waals surface area contributed by atoms with Gasteiger partial charge in [-0.2, -0.15) is 0 Å². The van der Waals surface area contributed by atoms with E-state index in [2.05, 4.69) is 10.6 Å². The van der Waals surface area contributed by atoms with Crippen molar-refractivity contribution in [2.75, 3.05) is 11.9 Å². The summed E-state index contributed by atoms with van der Waals surface area (Å²) in [6.45, 7) is 3.23. The number of carbonyl (C=O) groups is 2. The van der Waals surface area contributed by atoms with Crippen LogP contribution < -0.4 is 15.8 Å². The first-order valence-electron chi connectivity index (χ1n) is 7.45. The molecule has 8 heteroatoms. The van der Waals surface area contributed by atoms with Crippen molar-refractivity contribution in [1.82, 2.24) is 5.32 Å². The Morgan fingerprint density at radius 1 is 1.08 bits per heavy atom. The van der Waals surface area contributed by atoms with Gasteiger partial charge >= 0.3 is 0 Å². The molecule has 4 N–H and O–H groups in total. The van der Waals surface area contributed by atoms with E-state index in [1.165, 1.54) is 12.1 Å². The molecule has 0 heterocycles. The van der Waals surface area contributed by atoms with Crippen molar-refractivity contribution in [3.63, 3.8) is 0 Å². The fraction of sp³-hybridized carbons (Fsp3) is 0.176. The molecule has 0 unspecified atom stereocenters. The predicted molar refractivity (Wildman–Crippen MR) is 94.7 cm³/mol. The molecule has 132 valence electrons. The monoisotopic (exact) mass is 361 g/mol. The van der Waals surface area contributed by atoms with Gasteiger partial charge in [0.2, 0.25) is 15.9 Å². The van der Waals surface area contributed by atoms with E-state index in [9.17, 15) is 18.0 Å². The van der Waals surface area contributed by atoms with E-state index in [1.54, 1.807) is 44.2 Å². The number of carbonyl (C=O) groups excluding carboxylic acids is 2. The molecule has 2 amide bonds. The average Bonchev–Trinajstić information content (AvgIpc) is 2.56. The third-order valence-electron chi connectivity index (χ3n) is 3.69. The van der Waals surface area contributed by atoms with Crippen LogP contribution in [0.15, 0.2) is 47.4 Å². The van der Waals surface area contributed by atoms with Crippen LogP contribution in [-0.2, 0) is 14.8 Å². The summed E-state index contributed by atoms with van der Waals surface area (Å²) in [6.07, 6.45) is 0. The van der Waals surface area contributed by atoms with Crippen LogP contribution in [0.5, 0.6) is 0 Å². The van der Waals surface area contributed by atoms with E-state index < -0.39 is 15.9 Å². The van der Waals surface area contributed by atoms with Crippen molar-refractivity contribution >= 4 is 27.5 Å². The molecule has 7 nitrogen and oxygen atoms in total. The summed E-state index contributed by atoms with van der Waals surface area (Å²) in [5.41, 5.74) is 2.17. The van der Waals surface area contributed by atoms with E-state index >= 15 is 0 Å². The summed E-state index contributed by atoms with van der Waals surface area (Å²) in [5.74, 6) is -0.847. The molecule has 0 bridgehead atoms. The van der Waals surface area contributed by atoms with E-state index in [4.69, 9.17) is 5.14 Å². The number of sulfonamides is 1. The average molecular weight is 361 g/mol. The zero-order valence-electron chi connectivity index (χ0n) is 13.9. The summed E-state index contributed by atoms with van der Waals surface area (Å²) in [4.78, 5) is 23.9. The lowest BCUT2D eigenvalue weighted by Gasteiger charge is -2.13. The van der Waals surface area contributed by atoms with Gasteiger partial charge in [0.15, 0.2) is 0 Å². The highest BCUT2D eigenvalue weighted by atomic mass is 32.2. The van der Waals surface area contributed by atoms with Crippen molar-refractivity contribution in [2.24, 2.45) is 5.14 Å². The fourth-order valence-corrected chi connectivity index (χ4v) is 2.79. The molecule has 0 saturated carbocycles. The molecule has 2 rings (SSSR count). The number of aryl methyl sites for hydroxylation is 1. The predicted octanol–water partition coefficient (Wildman–Crippen LogP) is 1.32. The number of benzene rings is 2. The lowest BCUT2D eigenvalue weighted by atomic mass is 10.1. The zero-order chi connectivity index (χ0) is 18.6. The van der Waals surface area contributed by atoms with Gasteiger partial charge in [-0.1, -0.05) is 18.2 Å². The van der Waals surface area contributed by atoms with Gasteiger partial charge in [-0.25, -0.2) is 13.6 Å². The normalized spacial score (nSPS) is 11.0. The molecular formula is C17H19N3O4S. The largest absolute Gasteiger partial charge is 0.343 e. The molecule has 0 aromatic heterocycles. The number of nitrogens with two attached hydrogens (primary N) is 1. The van der Waals surface area contributed by atoms with Crippen LogP contribution in [0.4, 0.5) is 5.69 Å². The number of hydrogen-bond donors (Lipinski definition) is 3. The molecule has 0 spiro atoms. The van der Waals surface area contributed by atoms with Gasteiger partial charge < -0.3 is 10.6 Å². The Kier molecular flexibility index (Phi) is 5.55. The van der Waals surface area contributed by atoms with E-state index in [0.717, 1.165) is 5.56 Å². The number of nitrogens with one attached hydrogen (secondary N) is 2. The van der Waals surface area contributed by atoms with Crippen LogP contribution in [-0.4, -0.2) is 26.8 Å². The Morgan fingerprint density at radius 2 is 1.72 bits per heavy atom. The summed E-state index contributed by atoms with van der Waals surface area (Å²) < 4.78 is 23.0. The Bertz CT molecular complexity index is 909. The minimum Gasteiger partial charge on any atom is -0.343 e. The zero-order valence-corrected chi connectivity index (χ0v) is 14.7. The lowest BCUT2D eigenvalue weighted by molar-refractivity contribution is -0.115. The second kappa shape index (κ2) is 7.45. The topological polar surface area (TPSA) is 118 Å². The molecule has 0 aliphatic heterocycles. The molecule has 0 aliphatic carbocycles. The molecule has 0 radical (unpaired) electrons. The minimum atomic E-state index is -3.88. The van der Waals surface area contributed by atoms with Crippen molar-refractivity contribution < 1.29 is 18.0 Å². The second-order valence-electron chi connectivity index (χ2n) is 5.55. The van der Waals surface area contributed by atoms with Gasteiger partial charge in [0, 0.05) is 11.3 Å². The molecule has 0 aliphatic rings. The summed E-state index contributed by atoms with van der Waals surface area (Å²) in [7, 11) is -3.88. The van der Waals surface area contributed by atoms with E-state index in [1.807, 2.05) is 0 Å². The SMILES string of the molecule is Cc1cc(S(N)(=O)=O)cc(NC(=O)CNC(=O)c2ccccc2)c1C. The van der Waals surface area contributed by atoms with Gasteiger partial charge in [0.05, 0.1) is 11.4 Å². The van der Waals surface area contributed by atoms with E-state index in [-0.39, 0.29) is 17.3 Å². The van der Waals surface area contributed by atoms with Crippen LogP contribution in [0.25, 0.3) is 0 Å². The molecule has 0 saturated heterocycles. The van der Waals surface area contributed by atoms with Gasteiger partial charge in [0.25, 0.3) is 5.91 Å².